The summed E-state index contributed by atoms with van der Waals surface area (Å²) < 4.78 is 1.54. The molecule has 0 saturated carbocycles. The highest BCUT2D eigenvalue weighted by Crippen LogP contribution is 2.27. The van der Waals surface area contributed by atoms with Crippen molar-refractivity contribution in [3.05, 3.63) is 40.8 Å². The van der Waals surface area contributed by atoms with Crippen molar-refractivity contribution in [2.45, 2.75) is 20.8 Å². The molecular weight excluding hydrogens is 228 g/mol. The van der Waals surface area contributed by atoms with Gasteiger partial charge in [0, 0.05) is 18.8 Å². The Kier molecular flexibility index (Phi) is 2.95. The number of hydrogen-bond donors (Lipinski definition) is 1. The lowest BCUT2D eigenvalue weighted by molar-refractivity contribution is 0.0680. The fourth-order valence-corrected chi connectivity index (χ4v) is 2.37. The monoisotopic (exact) mass is 244 g/mol. The van der Waals surface area contributed by atoms with Gasteiger partial charge in [-0.1, -0.05) is 17.7 Å². The summed E-state index contributed by atoms with van der Waals surface area (Å²) in [4.78, 5) is 15.2. The van der Waals surface area contributed by atoms with Crippen LogP contribution in [0.2, 0.25) is 0 Å². The van der Waals surface area contributed by atoms with Crippen LogP contribution in [0.4, 0.5) is 0 Å². The van der Waals surface area contributed by atoms with Gasteiger partial charge in [-0.3, -0.25) is 0 Å². The van der Waals surface area contributed by atoms with Gasteiger partial charge in [-0.05, 0) is 31.9 Å². The zero-order valence-electron chi connectivity index (χ0n) is 11.0. The van der Waals surface area contributed by atoms with Crippen molar-refractivity contribution in [2.24, 2.45) is 7.05 Å². The number of nitrogens with zero attached hydrogens (tertiary/aromatic N) is 2. The zero-order valence-corrected chi connectivity index (χ0v) is 11.0. The summed E-state index contributed by atoms with van der Waals surface area (Å²) >= 11 is 0. The lowest BCUT2D eigenvalue weighted by atomic mass is 9.98. The summed E-state index contributed by atoms with van der Waals surface area (Å²) in [5, 5.41) is 9.03. The summed E-state index contributed by atoms with van der Waals surface area (Å²) in [6, 6.07) is 4.16. The highest BCUT2D eigenvalue weighted by molar-refractivity contribution is 5.85. The molecule has 2 aromatic rings. The van der Waals surface area contributed by atoms with E-state index in [0.717, 1.165) is 16.7 Å². The molecule has 0 radical (unpaired) electrons. The van der Waals surface area contributed by atoms with Gasteiger partial charge in [-0.2, -0.15) is 0 Å². The Labute approximate surface area is 106 Å². The molecule has 0 saturated heterocycles. The number of carboxylic acid groups (broad SMARTS) is 1. The van der Waals surface area contributed by atoms with E-state index in [2.05, 4.69) is 17.1 Å². The van der Waals surface area contributed by atoms with Crippen LogP contribution in [-0.4, -0.2) is 20.6 Å². The van der Waals surface area contributed by atoms with Crippen LogP contribution < -0.4 is 0 Å². The Morgan fingerprint density at radius 3 is 2.22 bits per heavy atom. The Bertz CT molecular complexity index is 604. The second-order valence-electron chi connectivity index (χ2n) is 4.64. The van der Waals surface area contributed by atoms with E-state index in [-0.39, 0.29) is 5.82 Å². The number of hydrogen-bond acceptors (Lipinski definition) is 2. The molecule has 18 heavy (non-hydrogen) atoms. The van der Waals surface area contributed by atoms with Crippen LogP contribution >= 0.6 is 0 Å². The Morgan fingerprint density at radius 1 is 1.22 bits per heavy atom. The van der Waals surface area contributed by atoms with Gasteiger partial charge in [0.05, 0.1) is 5.69 Å². The van der Waals surface area contributed by atoms with Crippen molar-refractivity contribution in [1.82, 2.24) is 9.55 Å². The first-order valence-electron chi connectivity index (χ1n) is 5.75. The molecule has 0 aliphatic heterocycles. The molecule has 4 heteroatoms. The fraction of sp³-hybridized carbons (Fsp3) is 0.286. The summed E-state index contributed by atoms with van der Waals surface area (Å²) in [5.41, 5.74) is 5.15. The van der Waals surface area contributed by atoms with Crippen molar-refractivity contribution in [2.75, 3.05) is 0 Å². The predicted molar refractivity (Wildman–Crippen MR) is 69.8 cm³/mol. The van der Waals surface area contributed by atoms with Gasteiger partial charge in [0.1, 0.15) is 0 Å². The summed E-state index contributed by atoms with van der Waals surface area (Å²) in [7, 11) is 1.69. The van der Waals surface area contributed by atoms with Crippen LogP contribution in [0.5, 0.6) is 0 Å². The van der Waals surface area contributed by atoms with E-state index in [1.54, 1.807) is 13.2 Å². The minimum atomic E-state index is -1.01. The van der Waals surface area contributed by atoms with Gasteiger partial charge in [-0.25, -0.2) is 9.78 Å². The standard InChI is InChI=1S/C14H16N2O2/c1-8-5-9(2)12(10(3)6-8)11-7-16(4)13(15-11)14(17)18/h5-7H,1-4H3,(H,17,18). The molecule has 0 bridgehead atoms. The number of rotatable bonds is 2. The maximum Gasteiger partial charge on any atom is 0.372 e. The molecule has 0 aliphatic carbocycles. The van der Waals surface area contributed by atoms with Crippen molar-refractivity contribution in [1.29, 1.82) is 0 Å². The van der Waals surface area contributed by atoms with Crippen LogP contribution in [0.15, 0.2) is 18.3 Å². The van der Waals surface area contributed by atoms with E-state index in [1.807, 2.05) is 20.8 Å². The molecule has 2 rings (SSSR count). The minimum Gasteiger partial charge on any atom is -0.475 e. The third-order valence-electron chi connectivity index (χ3n) is 3.00. The van der Waals surface area contributed by atoms with Gasteiger partial charge in [0.2, 0.25) is 5.82 Å². The number of aryl methyl sites for hydroxylation is 4. The minimum absolute atomic E-state index is 0.0596. The van der Waals surface area contributed by atoms with Crippen molar-refractivity contribution in [3.63, 3.8) is 0 Å². The van der Waals surface area contributed by atoms with E-state index in [0.29, 0.717) is 5.69 Å². The predicted octanol–water partition coefficient (Wildman–Crippen LogP) is 2.71. The summed E-state index contributed by atoms with van der Waals surface area (Å²) in [6.07, 6.45) is 1.76. The Morgan fingerprint density at radius 2 is 1.78 bits per heavy atom. The quantitative estimate of drug-likeness (QED) is 0.883. The number of aromatic nitrogens is 2. The van der Waals surface area contributed by atoms with Gasteiger partial charge < -0.3 is 9.67 Å². The third-order valence-corrected chi connectivity index (χ3v) is 3.00. The van der Waals surface area contributed by atoms with Crippen molar-refractivity contribution in [3.8, 4) is 11.3 Å². The van der Waals surface area contributed by atoms with Gasteiger partial charge in [0.15, 0.2) is 0 Å². The van der Waals surface area contributed by atoms with Crippen molar-refractivity contribution >= 4 is 5.97 Å². The SMILES string of the molecule is Cc1cc(C)c(-c2cn(C)c(C(=O)O)n2)c(C)c1. The fourth-order valence-electron chi connectivity index (χ4n) is 2.37. The first-order chi connectivity index (χ1) is 8.40. The molecule has 0 spiro atoms. The number of aromatic carboxylic acids is 1. The highest BCUT2D eigenvalue weighted by Gasteiger charge is 2.15. The first-order valence-corrected chi connectivity index (χ1v) is 5.75. The molecule has 1 heterocycles. The average Bonchev–Trinajstić information content (AvgIpc) is 2.58. The molecule has 1 aromatic heterocycles. The molecule has 0 unspecified atom stereocenters. The van der Waals surface area contributed by atoms with Crippen LogP contribution in [0, 0.1) is 20.8 Å². The lowest BCUT2D eigenvalue weighted by Gasteiger charge is -2.08. The van der Waals surface area contributed by atoms with Crippen LogP contribution in [-0.2, 0) is 7.05 Å². The van der Waals surface area contributed by atoms with E-state index < -0.39 is 5.97 Å². The highest BCUT2D eigenvalue weighted by atomic mass is 16.4. The molecule has 1 N–H and O–H groups in total. The van der Waals surface area contributed by atoms with Crippen molar-refractivity contribution < 1.29 is 9.90 Å². The van der Waals surface area contributed by atoms with E-state index in [1.165, 1.54) is 10.1 Å². The molecule has 94 valence electrons. The molecule has 4 nitrogen and oxygen atoms in total. The molecule has 1 aromatic carbocycles. The zero-order chi connectivity index (χ0) is 13.4. The van der Waals surface area contributed by atoms with E-state index in [4.69, 9.17) is 5.11 Å². The first kappa shape index (κ1) is 12.4. The topological polar surface area (TPSA) is 55.1 Å². The molecule has 0 fully saturated rings. The van der Waals surface area contributed by atoms with E-state index in [9.17, 15) is 4.79 Å². The number of imidazole rings is 1. The second-order valence-corrected chi connectivity index (χ2v) is 4.64. The number of benzene rings is 1. The second kappa shape index (κ2) is 4.29. The number of carboxylic acids is 1. The largest absolute Gasteiger partial charge is 0.475 e. The van der Waals surface area contributed by atoms with Gasteiger partial charge in [-0.15, -0.1) is 0 Å². The molecular formula is C14H16N2O2. The normalized spacial score (nSPS) is 10.7. The van der Waals surface area contributed by atoms with Gasteiger partial charge in [0.25, 0.3) is 0 Å². The average molecular weight is 244 g/mol. The van der Waals surface area contributed by atoms with Crippen LogP contribution in [0.25, 0.3) is 11.3 Å². The Hall–Kier alpha value is -2.10. The third kappa shape index (κ3) is 2.01. The van der Waals surface area contributed by atoms with Gasteiger partial charge >= 0.3 is 5.97 Å². The molecule has 0 aliphatic rings. The maximum absolute atomic E-state index is 11.0. The summed E-state index contributed by atoms with van der Waals surface area (Å²) in [6.45, 7) is 6.08. The van der Waals surface area contributed by atoms with E-state index >= 15 is 0 Å². The van der Waals surface area contributed by atoms with Crippen LogP contribution in [0.1, 0.15) is 27.3 Å². The molecule has 0 atom stereocenters. The smallest absolute Gasteiger partial charge is 0.372 e. The summed E-state index contributed by atoms with van der Waals surface area (Å²) in [5.74, 6) is -0.949. The number of carbonyl (C=O) groups is 1. The molecule has 0 amide bonds. The Balaban J connectivity index is 2.63. The lowest BCUT2D eigenvalue weighted by Crippen LogP contribution is -2.05. The maximum atomic E-state index is 11.0. The van der Waals surface area contributed by atoms with Crippen LogP contribution in [0.3, 0.4) is 0 Å².